The van der Waals surface area contributed by atoms with E-state index in [9.17, 15) is 4.79 Å². The third kappa shape index (κ3) is 1.88. The summed E-state index contributed by atoms with van der Waals surface area (Å²) in [5, 5.41) is 10.2. The molecule has 4 aromatic rings. The van der Waals surface area contributed by atoms with E-state index in [4.69, 9.17) is 0 Å². The fraction of sp³-hybridized carbons (Fsp3) is 0.105. The molecule has 1 unspecified atom stereocenters. The van der Waals surface area contributed by atoms with Gasteiger partial charge in [0.15, 0.2) is 0 Å². The number of carbonyl (C=O) groups is 1. The lowest BCUT2D eigenvalue weighted by Crippen LogP contribution is -2.22. The third-order valence-electron chi connectivity index (χ3n) is 4.31. The van der Waals surface area contributed by atoms with Gasteiger partial charge in [0.2, 0.25) is 5.91 Å². The molecule has 0 aromatic heterocycles. The van der Waals surface area contributed by atoms with Crippen LogP contribution in [0.1, 0.15) is 9.49 Å². The van der Waals surface area contributed by atoms with Crippen LogP contribution in [0.4, 0.5) is 0 Å². The van der Waals surface area contributed by atoms with Crippen LogP contribution in [0.25, 0.3) is 32.3 Å². The number of rotatable bonds is 2. The molecular formula is C19H14INO. The van der Waals surface area contributed by atoms with Gasteiger partial charge >= 0.3 is 0 Å². The van der Waals surface area contributed by atoms with Crippen LogP contribution in [0.3, 0.4) is 0 Å². The molecule has 108 valence electrons. The predicted octanol–water partition coefficient (Wildman–Crippen LogP) is 4.81. The molecule has 1 amide bonds. The second kappa shape index (κ2) is 5.09. The van der Waals surface area contributed by atoms with Crippen molar-refractivity contribution in [3.8, 4) is 0 Å². The molecule has 0 aliphatic rings. The van der Waals surface area contributed by atoms with Crippen LogP contribution in [0, 0.1) is 0 Å². The molecule has 0 bridgehead atoms. The molecule has 0 fully saturated rings. The number of hydrogen-bond acceptors (Lipinski definition) is 1. The van der Waals surface area contributed by atoms with Gasteiger partial charge in [0, 0.05) is 7.05 Å². The van der Waals surface area contributed by atoms with Gasteiger partial charge in [-0.25, -0.2) is 0 Å². The number of benzene rings is 4. The quantitative estimate of drug-likeness (QED) is 0.293. The second-order valence-corrected chi connectivity index (χ2v) is 6.73. The molecule has 0 radical (unpaired) electrons. The molecule has 0 spiro atoms. The maximum atomic E-state index is 12.1. The summed E-state index contributed by atoms with van der Waals surface area (Å²) in [6, 6.07) is 19.2. The van der Waals surface area contributed by atoms with Gasteiger partial charge in [-0.05, 0) is 37.9 Å². The summed E-state index contributed by atoms with van der Waals surface area (Å²) in [5.41, 5.74) is 1.07. The molecule has 0 heterocycles. The van der Waals surface area contributed by atoms with E-state index in [0.29, 0.717) is 0 Å². The Bertz CT molecular complexity index is 992. The van der Waals surface area contributed by atoms with Crippen molar-refractivity contribution in [2.45, 2.75) is 3.92 Å². The van der Waals surface area contributed by atoms with Gasteiger partial charge in [-0.2, -0.15) is 0 Å². The molecule has 0 aliphatic carbocycles. The molecule has 1 N–H and O–H groups in total. The first-order valence-corrected chi connectivity index (χ1v) is 8.47. The first-order valence-electron chi connectivity index (χ1n) is 7.23. The van der Waals surface area contributed by atoms with Gasteiger partial charge in [0.05, 0.1) is 0 Å². The summed E-state index contributed by atoms with van der Waals surface area (Å²) in [6.45, 7) is 0. The molecule has 4 aromatic carbocycles. The van der Waals surface area contributed by atoms with E-state index in [1.807, 2.05) is 0 Å². The van der Waals surface area contributed by atoms with E-state index in [1.165, 1.54) is 32.3 Å². The Morgan fingerprint density at radius 2 is 1.50 bits per heavy atom. The Kier molecular flexibility index (Phi) is 3.18. The summed E-state index contributed by atoms with van der Waals surface area (Å²) in [5.74, 6) is 0.0376. The van der Waals surface area contributed by atoms with Crippen LogP contribution >= 0.6 is 22.6 Å². The maximum Gasteiger partial charge on any atom is 0.237 e. The Labute approximate surface area is 142 Å². The van der Waals surface area contributed by atoms with Gasteiger partial charge < -0.3 is 5.32 Å². The van der Waals surface area contributed by atoms with Gasteiger partial charge in [-0.15, -0.1) is 0 Å². The predicted molar refractivity (Wildman–Crippen MR) is 101 cm³/mol. The summed E-state index contributed by atoms with van der Waals surface area (Å²) in [6.07, 6.45) is 0. The number of alkyl halides is 1. The van der Waals surface area contributed by atoms with Gasteiger partial charge in [0.25, 0.3) is 0 Å². The molecular weight excluding hydrogens is 385 g/mol. The Morgan fingerprint density at radius 1 is 0.909 bits per heavy atom. The van der Waals surface area contributed by atoms with Crippen LogP contribution in [-0.2, 0) is 4.79 Å². The third-order valence-corrected chi connectivity index (χ3v) is 5.55. The van der Waals surface area contributed by atoms with Crippen LogP contribution in [-0.4, -0.2) is 13.0 Å². The lowest BCUT2D eigenvalue weighted by atomic mass is 9.91. The highest BCUT2D eigenvalue weighted by molar-refractivity contribution is 14.1. The van der Waals surface area contributed by atoms with Crippen molar-refractivity contribution in [3.05, 3.63) is 60.2 Å². The Morgan fingerprint density at radius 3 is 2.18 bits per heavy atom. The van der Waals surface area contributed by atoms with Crippen LogP contribution < -0.4 is 5.32 Å². The number of halogens is 1. The first-order chi connectivity index (χ1) is 10.7. The zero-order valence-corrected chi connectivity index (χ0v) is 14.2. The fourth-order valence-corrected chi connectivity index (χ4v) is 4.10. The zero-order chi connectivity index (χ0) is 15.3. The van der Waals surface area contributed by atoms with E-state index in [2.05, 4.69) is 82.5 Å². The zero-order valence-electron chi connectivity index (χ0n) is 12.1. The molecule has 4 rings (SSSR count). The monoisotopic (exact) mass is 399 g/mol. The van der Waals surface area contributed by atoms with E-state index in [1.54, 1.807) is 7.05 Å². The Balaban J connectivity index is 2.15. The number of nitrogens with one attached hydrogen (secondary N) is 1. The number of likely N-dealkylation sites (N-methyl/N-ethyl adjacent to an activating group) is 1. The molecule has 2 nitrogen and oxygen atoms in total. The average molecular weight is 399 g/mol. The van der Waals surface area contributed by atoms with Crippen molar-refractivity contribution >= 4 is 60.8 Å². The van der Waals surface area contributed by atoms with Gasteiger partial charge in [-0.1, -0.05) is 77.2 Å². The van der Waals surface area contributed by atoms with Crippen molar-refractivity contribution in [1.29, 1.82) is 0 Å². The minimum Gasteiger partial charge on any atom is -0.358 e. The van der Waals surface area contributed by atoms with Crippen LogP contribution in [0.5, 0.6) is 0 Å². The van der Waals surface area contributed by atoms with Crippen molar-refractivity contribution in [3.63, 3.8) is 0 Å². The topological polar surface area (TPSA) is 29.1 Å². The second-order valence-electron chi connectivity index (χ2n) is 5.49. The lowest BCUT2D eigenvalue weighted by molar-refractivity contribution is -0.119. The number of hydrogen-bond donors (Lipinski definition) is 1. The van der Waals surface area contributed by atoms with Gasteiger partial charge in [-0.3, -0.25) is 4.79 Å². The highest BCUT2D eigenvalue weighted by atomic mass is 127. The summed E-state index contributed by atoms with van der Waals surface area (Å²) < 4.78 is -0.188. The lowest BCUT2D eigenvalue weighted by Gasteiger charge is -2.16. The smallest absolute Gasteiger partial charge is 0.237 e. The Hall–Kier alpha value is -1.88. The van der Waals surface area contributed by atoms with Crippen molar-refractivity contribution in [2.24, 2.45) is 0 Å². The average Bonchev–Trinajstić information content (AvgIpc) is 2.58. The van der Waals surface area contributed by atoms with Crippen LogP contribution in [0.15, 0.2) is 54.6 Å². The number of amides is 1. The summed E-state index contributed by atoms with van der Waals surface area (Å²) in [4.78, 5) is 12.1. The number of carbonyl (C=O) groups excluding carboxylic acids is 1. The first kappa shape index (κ1) is 13.8. The molecule has 0 saturated heterocycles. The van der Waals surface area contributed by atoms with E-state index in [0.717, 1.165) is 5.56 Å². The summed E-state index contributed by atoms with van der Waals surface area (Å²) in [7, 11) is 1.68. The van der Waals surface area contributed by atoms with Crippen molar-refractivity contribution in [2.75, 3.05) is 7.05 Å². The van der Waals surface area contributed by atoms with Crippen LogP contribution in [0.2, 0.25) is 0 Å². The molecule has 22 heavy (non-hydrogen) atoms. The molecule has 1 atom stereocenters. The summed E-state index contributed by atoms with van der Waals surface area (Å²) >= 11 is 2.21. The van der Waals surface area contributed by atoms with Gasteiger partial charge in [0.1, 0.15) is 3.92 Å². The maximum absolute atomic E-state index is 12.1. The molecule has 3 heteroatoms. The SMILES string of the molecule is CNC(=O)C(I)c1ccc2ccc3cccc4ccc1c2c34. The van der Waals surface area contributed by atoms with E-state index in [-0.39, 0.29) is 9.83 Å². The van der Waals surface area contributed by atoms with E-state index >= 15 is 0 Å². The largest absolute Gasteiger partial charge is 0.358 e. The highest BCUT2D eigenvalue weighted by Crippen LogP contribution is 2.39. The molecule has 0 aliphatic heterocycles. The fourth-order valence-electron chi connectivity index (χ4n) is 3.25. The van der Waals surface area contributed by atoms with Crippen molar-refractivity contribution < 1.29 is 4.79 Å². The van der Waals surface area contributed by atoms with Crippen molar-refractivity contribution in [1.82, 2.24) is 5.32 Å². The van der Waals surface area contributed by atoms with E-state index < -0.39 is 0 Å². The normalized spacial score (nSPS) is 13.0. The minimum atomic E-state index is -0.188. The molecule has 0 saturated carbocycles. The minimum absolute atomic E-state index is 0.0376. The highest BCUT2D eigenvalue weighted by Gasteiger charge is 2.19. The standard InChI is InChI=1S/C19H14INO/c1-21-19(22)18(20)15-10-8-13-6-5-11-3-2-4-12-7-9-14(15)17(13)16(11)12/h2-10,18H,1H3,(H,21,22).